The molecule has 0 spiro atoms. The number of hydrogen-bond acceptors (Lipinski definition) is 6. The minimum atomic E-state index is -0.318. The van der Waals surface area contributed by atoms with E-state index in [9.17, 15) is 4.79 Å². The summed E-state index contributed by atoms with van der Waals surface area (Å²) in [7, 11) is 0. The molecule has 7 heteroatoms. The number of hydrogen-bond donors (Lipinski definition) is 4. The van der Waals surface area contributed by atoms with E-state index < -0.39 is 0 Å². The van der Waals surface area contributed by atoms with Crippen molar-refractivity contribution in [1.29, 1.82) is 5.41 Å². The van der Waals surface area contributed by atoms with Gasteiger partial charge in [-0.2, -0.15) is 0 Å². The molecule has 1 aliphatic heterocycles. The van der Waals surface area contributed by atoms with Gasteiger partial charge in [0, 0.05) is 18.9 Å². The summed E-state index contributed by atoms with van der Waals surface area (Å²) in [5, 5.41) is 22.2. The second-order valence-corrected chi connectivity index (χ2v) is 10.3. The predicted molar refractivity (Wildman–Crippen MR) is 147 cm³/mol. The molecule has 4 N–H and O–H groups in total. The average molecular weight is 506 g/mol. The van der Waals surface area contributed by atoms with Gasteiger partial charge in [0.2, 0.25) is 0 Å². The van der Waals surface area contributed by atoms with Crippen molar-refractivity contribution in [2.45, 2.75) is 64.3 Å². The van der Waals surface area contributed by atoms with Crippen molar-refractivity contribution in [3.8, 4) is 0 Å². The summed E-state index contributed by atoms with van der Waals surface area (Å²) in [5.41, 5.74) is 5.26. The molecule has 1 heterocycles. The van der Waals surface area contributed by atoms with Crippen LogP contribution in [0, 0.1) is 5.41 Å². The van der Waals surface area contributed by atoms with Crippen LogP contribution in [0.2, 0.25) is 0 Å². The van der Waals surface area contributed by atoms with Crippen molar-refractivity contribution < 1.29 is 19.5 Å². The van der Waals surface area contributed by atoms with E-state index in [1.165, 1.54) is 27.5 Å². The van der Waals surface area contributed by atoms with Crippen LogP contribution in [0.5, 0.6) is 0 Å². The molecule has 3 aromatic rings. The first kappa shape index (κ1) is 28.3. The Labute approximate surface area is 219 Å². The molecule has 7 nitrogen and oxygen atoms in total. The van der Waals surface area contributed by atoms with E-state index in [-0.39, 0.29) is 17.5 Å². The summed E-state index contributed by atoms with van der Waals surface area (Å²) >= 11 is 0. The SMILES string of the molecule is CC(C)(C)OC=O.N=C(CCc1ccc(C2CCNCC2OCc2ccc3ccccc3c2)cc1)NO. The lowest BCUT2D eigenvalue weighted by molar-refractivity contribution is -0.138. The summed E-state index contributed by atoms with van der Waals surface area (Å²) in [6.45, 7) is 8.40. The zero-order valence-electron chi connectivity index (χ0n) is 22.0. The van der Waals surface area contributed by atoms with Gasteiger partial charge in [-0.1, -0.05) is 60.7 Å². The first-order chi connectivity index (χ1) is 17.8. The van der Waals surface area contributed by atoms with Gasteiger partial charge in [0.05, 0.1) is 12.7 Å². The highest BCUT2D eigenvalue weighted by Gasteiger charge is 2.27. The van der Waals surface area contributed by atoms with Crippen molar-refractivity contribution in [3.63, 3.8) is 0 Å². The number of carbonyl (C=O) groups excluding carboxylic acids is 1. The Kier molecular flexibility index (Phi) is 10.6. The van der Waals surface area contributed by atoms with Gasteiger partial charge in [-0.15, -0.1) is 0 Å². The zero-order valence-corrected chi connectivity index (χ0v) is 22.0. The van der Waals surface area contributed by atoms with E-state index in [0.717, 1.165) is 25.9 Å². The van der Waals surface area contributed by atoms with Crippen LogP contribution in [0.3, 0.4) is 0 Å². The smallest absolute Gasteiger partial charge is 0.293 e. The molecule has 1 fully saturated rings. The van der Waals surface area contributed by atoms with Crippen LogP contribution in [-0.4, -0.2) is 42.3 Å². The highest BCUT2D eigenvalue weighted by atomic mass is 16.5. The van der Waals surface area contributed by atoms with Gasteiger partial charge in [-0.05, 0) is 73.7 Å². The number of fused-ring (bicyclic) bond motifs is 1. The highest BCUT2D eigenvalue weighted by Crippen LogP contribution is 2.29. The number of amidine groups is 1. The largest absolute Gasteiger partial charge is 0.462 e. The lowest BCUT2D eigenvalue weighted by atomic mass is 9.87. The van der Waals surface area contributed by atoms with Gasteiger partial charge >= 0.3 is 0 Å². The van der Waals surface area contributed by atoms with Crippen LogP contribution in [0.4, 0.5) is 0 Å². The fraction of sp³-hybridized carbons (Fsp3) is 0.400. The number of aryl methyl sites for hydroxylation is 1. The normalized spacial score (nSPS) is 17.4. The van der Waals surface area contributed by atoms with Crippen molar-refractivity contribution in [3.05, 3.63) is 83.4 Å². The zero-order chi connectivity index (χ0) is 26.7. The maximum absolute atomic E-state index is 9.60. The molecule has 2 atom stereocenters. The molecule has 198 valence electrons. The number of nitrogens with one attached hydrogen (secondary N) is 3. The highest BCUT2D eigenvalue weighted by molar-refractivity contribution is 5.83. The average Bonchev–Trinajstić information content (AvgIpc) is 2.90. The molecule has 4 rings (SSSR count). The molecule has 1 aliphatic rings. The third-order valence-corrected chi connectivity index (χ3v) is 6.31. The topological polar surface area (TPSA) is 104 Å². The van der Waals surface area contributed by atoms with Crippen molar-refractivity contribution >= 4 is 23.1 Å². The van der Waals surface area contributed by atoms with Crippen LogP contribution >= 0.6 is 0 Å². The number of ether oxygens (including phenoxy) is 2. The number of carbonyl (C=O) groups is 1. The van der Waals surface area contributed by atoms with Gasteiger partial charge in [0.15, 0.2) is 0 Å². The van der Waals surface area contributed by atoms with E-state index in [2.05, 4.69) is 76.8 Å². The standard InChI is InChI=1S/C25H29N3O2.C5H10O2/c26-25(28-29)12-8-18-5-10-21(11-6-18)23-13-14-27-16-24(23)30-17-19-7-9-20-3-1-2-4-22(20)15-19;1-5(2,3)7-4-6/h1-7,9-11,15,23-24,27,29H,8,12-14,16-17H2,(H2,26,28);4H,1-3H3. The predicted octanol–water partition coefficient (Wildman–Crippen LogP) is 5.35. The summed E-state index contributed by atoms with van der Waals surface area (Å²) < 4.78 is 10.9. The fourth-order valence-electron chi connectivity index (χ4n) is 4.32. The lowest BCUT2D eigenvalue weighted by Gasteiger charge is -2.32. The molecule has 0 bridgehead atoms. The van der Waals surface area contributed by atoms with Crippen molar-refractivity contribution in [1.82, 2.24) is 10.8 Å². The van der Waals surface area contributed by atoms with E-state index >= 15 is 0 Å². The van der Waals surface area contributed by atoms with Crippen molar-refractivity contribution in [2.75, 3.05) is 13.1 Å². The van der Waals surface area contributed by atoms with Crippen LogP contribution in [-0.2, 0) is 27.3 Å². The Morgan fingerprint density at radius 1 is 1.08 bits per heavy atom. The number of piperidine rings is 1. The second-order valence-electron chi connectivity index (χ2n) is 10.3. The monoisotopic (exact) mass is 505 g/mol. The van der Waals surface area contributed by atoms with Gasteiger partial charge in [-0.25, -0.2) is 0 Å². The molecule has 37 heavy (non-hydrogen) atoms. The molecular weight excluding hydrogens is 466 g/mol. The third-order valence-electron chi connectivity index (χ3n) is 6.31. The second kappa shape index (κ2) is 13.9. The Hall–Kier alpha value is -3.26. The van der Waals surface area contributed by atoms with E-state index in [4.69, 9.17) is 15.4 Å². The molecule has 0 aromatic heterocycles. The van der Waals surface area contributed by atoms with Gasteiger partial charge in [0.1, 0.15) is 11.4 Å². The summed E-state index contributed by atoms with van der Waals surface area (Å²) in [4.78, 5) is 9.60. The Balaban J connectivity index is 0.000000479. The first-order valence-electron chi connectivity index (χ1n) is 12.8. The van der Waals surface area contributed by atoms with Crippen LogP contribution in [0.25, 0.3) is 10.8 Å². The third kappa shape index (κ3) is 9.28. The molecule has 0 amide bonds. The Bertz CT molecular complexity index is 1140. The molecule has 0 radical (unpaired) electrons. The molecule has 3 aromatic carbocycles. The molecular formula is C30H39N3O4. The Morgan fingerprint density at radius 2 is 1.78 bits per heavy atom. The van der Waals surface area contributed by atoms with E-state index in [1.807, 2.05) is 26.3 Å². The van der Waals surface area contributed by atoms with Crippen molar-refractivity contribution in [2.24, 2.45) is 0 Å². The Morgan fingerprint density at radius 3 is 2.43 bits per heavy atom. The first-order valence-corrected chi connectivity index (χ1v) is 12.8. The van der Waals surface area contributed by atoms with E-state index in [0.29, 0.717) is 25.4 Å². The molecule has 0 saturated carbocycles. The quantitative estimate of drug-likeness (QED) is 0.142. The van der Waals surface area contributed by atoms with Crippen LogP contribution in [0.15, 0.2) is 66.7 Å². The maximum Gasteiger partial charge on any atom is 0.293 e. The maximum atomic E-state index is 9.60. The van der Waals surface area contributed by atoms with Gasteiger partial charge < -0.3 is 14.8 Å². The van der Waals surface area contributed by atoms with Gasteiger partial charge in [0.25, 0.3) is 6.47 Å². The molecule has 1 saturated heterocycles. The minimum absolute atomic E-state index is 0.139. The minimum Gasteiger partial charge on any atom is -0.462 e. The lowest BCUT2D eigenvalue weighted by Crippen LogP contribution is -2.40. The molecule has 2 unspecified atom stereocenters. The van der Waals surface area contributed by atoms with Gasteiger partial charge in [-0.3, -0.25) is 20.9 Å². The fourth-order valence-corrected chi connectivity index (χ4v) is 4.32. The van der Waals surface area contributed by atoms with Crippen LogP contribution < -0.4 is 10.8 Å². The number of rotatable bonds is 8. The summed E-state index contributed by atoms with van der Waals surface area (Å²) in [5.74, 6) is 0.512. The number of benzene rings is 3. The summed E-state index contributed by atoms with van der Waals surface area (Å²) in [6.07, 6.45) is 2.44. The van der Waals surface area contributed by atoms with E-state index in [1.54, 1.807) is 0 Å². The summed E-state index contributed by atoms with van der Waals surface area (Å²) in [6, 6.07) is 23.6. The molecule has 0 aliphatic carbocycles. The number of hydroxylamine groups is 1. The van der Waals surface area contributed by atoms with Crippen LogP contribution in [0.1, 0.15) is 56.2 Å².